The van der Waals surface area contributed by atoms with Gasteiger partial charge in [-0.05, 0) is 72.9 Å². The van der Waals surface area contributed by atoms with E-state index in [4.69, 9.17) is 15.2 Å². The van der Waals surface area contributed by atoms with Crippen LogP contribution in [0, 0.1) is 0 Å². The van der Waals surface area contributed by atoms with E-state index in [1.165, 1.54) is 5.56 Å². The average molecular weight is 702 g/mol. The molecule has 1 aliphatic rings. The molecule has 4 aromatic carbocycles. The van der Waals surface area contributed by atoms with Crippen molar-refractivity contribution in [3.8, 4) is 17.3 Å². The number of para-hydroxylation sites is 3. The number of benzene rings is 4. The van der Waals surface area contributed by atoms with Crippen LogP contribution in [0.3, 0.4) is 0 Å². The molecule has 0 spiro atoms. The molecule has 264 valence electrons. The van der Waals surface area contributed by atoms with Crippen LogP contribution in [0.4, 0.5) is 22.7 Å². The summed E-state index contributed by atoms with van der Waals surface area (Å²) in [6.07, 6.45) is 5.55. The molecule has 6 heteroatoms. The van der Waals surface area contributed by atoms with Gasteiger partial charge in [-0.25, -0.2) is 4.98 Å². The summed E-state index contributed by atoms with van der Waals surface area (Å²) in [5.74, 6) is 2.01. The average Bonchev–Trinajstić information content (AvgIpc) is 3.72. The molecule has 0 fully saturated rings. The Bertz CT molecular complexity index is 2870. The quantitative estimate of drug-likeness (QED) is 0.168. The summed E-state index contributed by atoms with van der Waals surface area (Å²) in [6.45, 7) is 19.4. The molecule has 53 heavy (non-hydrogen) atoms. The van der Waals surface area contributed by atoms with E-state index >= 15 is 0 Å². The predicted octanol–water partition coefficient (Wildman–Crippen LogP) is 12.1. The summed E-state index contributed by atoms with van der Waals surface area (Å²) in [7, 11) is 0. The van der Waals surface area contributed by atoms with E-state index in [-0.39, 0.29) is 40.4 Å². The normalized spacial score (nSPS) is 14.4. The molecule has 0 amide bonds. The summed E-state index contributed by atoms with van der Waals surface area (Å²) in [4.78, 5) is 9.27. The molecular formula is C47H47N5O+2. The molecule has 0 unspecified atom stereocenters. The molecule has 7 aromatic rings. The number of hydrogen-bond donors (Lipinski definition) is 0. The number of hydrogen-bond acceptors (Lipinski definition) is 3. The first-order valence-electron chi connectivity index (χ1n) is 20.1. The van der Waals surface area contributed by atoms with E-state index in [2.05, 4.69) is 102 Å². The molecule has 0 aliphatic carbocycles. The summed E-state index contributed by atoms with van der Waals surface area (Å²) >= 11 is 0. The smallest absolute Gasteiger partial charge is 0.457 e. The highest BCUT2D eigenvalue weighted by Crippen LogP contribution is 2.42. The number of pyridine rings is 2. The Morgan fingerprint density at radius 2 is 1.38 bits per heavy atom. The van der Waals surface area contributed by atoms with Crippen LogP contribution in [0.1, 0.15) is 84.5 Å². The van der Waals surface area contributed by atoms with Gasteiger partial charge in [0.25, 0.3) is 11.4 Å². The zero-order chi connectivity index (χ0) is 40.8. The number of ether oxygens (including phenoxy) is 1. The van der Waals surface area contributed by atoms with Crippen molar-refractivity contribution in [2.24, 2.45) is 0 Å². The third kappa shape index (κ3) is 6.23. The minimum Gasteiger partial charge on any atom is -0.457 e. The Kier molecular flexibility index (Phi) is 6.95. The minimum absolute atomic E-state index is 0.0610. The van der Waals surface area contributed by atoms with Crippen LogP contribution in [0.2, 0.25) is 0 Å². The van der Waals surface area contributed by atoms with Gasteiger partial charge in [-0.1, -0.05) is 92.6 Å². The summed E-state index contributed by atoms with van der Waals surface area (Å²) in [6, 6.07) is 28.8. The largest absolute Gasteiger partial charge is 0.503 e. The van der Waals surface area contributed by atoms with Gasteiger partial charge in [-0.2, -0.15) is 0 Å². The highest BCUT2D eigenvalue weighted by atomic mass is 16.5. The van der Waals surface area contributed by atoms with Crippen molar-refractivity contribution < 1.29 is 10.2 Å². The van der Waals surface area contributed by atoms with Crippen LogP contribution in [0.25, 0.3) is 27.6 Å². The number of aromatic nitrogens is 3. The maximum absolute atomic E-state index is 9.15. The summed E-state index contributed by atoms with van der Waals surface area (Å²) in [5.41, 5.74) is 6.63. The van der Waals surface area contributed by atoms with Gasteiger partial charge in [0.15, 0.2) is 0 Å². The van der Waals surface area contributed by atoms with Gasteiger partial charge >= 0.3 is 6.01 Å². The van der Waals surface area contributed by atoms with Crippen LogP contribution < -0.4 is 13.9 Å². The standard InChI is InChI=1S/C47H47N5O/c1-45(2,3)31-20-23-49-44(26-31)52-39-21-22-48-29-37(39)36-19-18-34(28-43(36)52)53-35-25-32(46(4,5)6)24-33(27-35)50-30-51(42-17-13-12-16-41(42)50)40-15-11-10-14-38(40)47(7,8)9/h10-29H,1-9H3/q+2/i12D,13D,16D,17D. The molecule has 6 nitrogen and oxygen atoms in total. The van der Waals surface area contributed by atoms with E-state index < -0.39 is 0 Å². The van der Waals surface area contributed by atoms with Crippen LogP contribution in [0.5, 0.6) is 11.5 Å². The fourth-order valence-electron chi connectivity index (χ4n) is 6.99. The van der Waals surface area contributed by atoms with Crippen molar-refractivity contribution in [1.29, 1.82) is 0 Å². The van der Waals surface area contributed by atoms with Crippen molar-refractivity contribution in [1.82, 2.24) is 23.7 Å². The fraction of sp³-hybridized carbons (Fsp3) is 0.255. The van der Waals surface area contributed by atoms with Gasteiger partial charge in [0.1, 0.15) is 17.3 Å². The number of nitrogens with zero attached hydrogens (tertiary/aromatic N) is 5. The Labute approximate surface area is 318 Å². The van der Waals surface area contributed by atoms with Gasteiger partial charge in [0, 0.05) is 65.2 Å². The molecule has 0 N–H and O–H groups in total. The van der Waals surface area contributed by atoms with Crippen molar-refractivity contribution in [3.63, 3.8) is 0 Å². The second kappa shape index (κ2) is 12.4. The summed E-state index contributed by atoms with van der Waals surface area (Å²) < 4.78 is 48.0. The Hall–Kier alpha value is -5.84. The van der Waals surface area contributed by atoms with Gasteiger partial charge in [-0.15, -0.1) is 0 Å². The van der Waals surface area contributed by atoms with Crippen LogP contribution in [0.15, 0.2) is 122 Å². The lowest BCUT2D eigenvalue weighted by atomic mass is 9.85. The van der Waals surface area contributed by atoms with Crippen molar-refractivity contribution in [2.45, 2.75) is 78.6 Å². The molecule has 0 atom stereocenters. The molecule has 1 aliphatic heterocycles. The van der Waals surface area contributed by atoms with E-state index in [1.807, 2.05) is 67.0 Å². The lowest BCUT2D eigenvalue weighted by Crippen LogP contribution is -2.15. The number of fused-ring (bicyclic) bond motifs is 4. The summed E-state index contributed by atoms with van der Waals surface area (Å²) in [5, 5.41) is 2.04. The fourth-order valence-corrected chi connectivity index (χ4v) is 6.99. The lowest BCUT2D eigenvalue weighted by molar-refractivity contribution is 0.479. The van der Waals surface area contributed by atoms with Crippen LogP contribution in [-0.4, -0.2) is 20.5 Å². The maximum atomic E-state index is 9.15. The first-order valence-corrected chi connectivity index (χ1v) is 18.1. The molecule has 0 radical (unpaired) electrons. The first kappa shape index (κ1) is 29.7. The molecule has 0 saturated heterocycles. The predicted molar refractivity (Wildman–Crippen MR) is 220 cm³/mol. The molecular weight excluding hydrogens is 651 g/mol. The third-order valence-electron chi connectivity index (χ3n) is 9.88. The first-order chi connectivity index (χ1) is 26.8. The SMILES string of the molecule is [2H]c1c([2H])c([2H])c2c(c1[2H])[N+](c1cc(Oc3ccc4c5cnccc5n(-c5cc(C(C)(C)C)ccn5)c4c3)cc(C(C)(C)C)c1)=C=[N+]2c1ccccc1C(C)(C)C. The Balaban J connectivity index is 1.33. The van der Waals surface area contributed by atoms with Gasteiger partial charge in [-0.3, -0.25) is 9.55 Å². The van der Waals surface area contributed by atoms with Crippen molar-refractivity contribution in [3.05, 3.63) is 138 Å². The molecule has 3 aromatic heterocycles. The highest BCUT2D eigenvalue weighted by Gasteiger charge is 2.39. The topological polar surface area (TPSA) is 46.0 Å². The van der Waals surface area contributed by atoms with Crippen LogP contribution >= 0.6 is 0 Å². The second-order valence-corrected chi connectivity index (χ2v) is 16.9. The van der Waals surface area contributed by atoms with E-state index in [0.717, 1.165) is 44.4 Å². The zero-order valence-electron chi connectivity index (χ0n) is 35.9. The van der Waals surface area contributed by atoms with Crippen molar-refractivity contribution in [2.75, 3.05) is 0 Å². The van der Waals surface area contributed by atoms with E-state index in [1.54, 1.807) is 15.3 Å². The van der Waals surface area contributed by atoms with Gasteiger partial charge in [0.2, 0.25) is 11.4 Å². The van der Waals surface area contributed by atoms with E-state index in [9.17, 15) is 0 Å². The minimum atomic E-state index is -0.304. The number of rotatable bonds is 5. The molecule has 4 heterocycles. The van der Waals surface area contributed by atoms with Crippen molar-refractivity contribution >= 4 is 50.6 Å². The van der Waals surface area contributed by atoms with Gasteiger partial charge < -0.3 is 4.74 Å². The Morgan fingerprint density at radius 1 is 0.642 bits per heavy atom. The maximum Gasteiger partial charge on any atom is 0.503 e. The zero-order valence-corrected chi connectivity index (χ0v) is 31.9. The third-order valence-corrected chi connectivity index (χ3v) is 9.88. The highest BCUT2D eigenvalue weighted by molar-refractivity contribution is 6.09. The monoisotopic (exact) mass is 701 g/mol. The second-order valence-electron chi connectivity index (χ2n) is 16.9. The van der Waals surface area contributed by atoms with E-state index in [0.29, 0.717) is 28.6 Å². The Morgan fingerprint density at radius 3 is 2.11 bits per heavy atom. The van der Waals surface area contributed by atoms with Gasteiger partial charge in [0.05, 0.1) is 22.6 Å². The van der Waals surface area contributed by atoms with Crippen LogP contribution in [-0.2, 0) is 16.2 Å². The lowest BCUT2D eigenvalue weighted by Gasteiger charge is -2.20. The molecule has 0 bridgehead atoms. The molecule has 8 rings (SSSR count). The molecule has 0 saturated carbocycles.